The molecule has 6 heterocycles. The van der Waals surface area contributed by atoms with Crippen LogP contribution in [0.25, 0.3) is 22.5 Å². The summed E-state index contributed by atoms with van der Waals surface area (Å²) in [4.78, 5) is 37.7. The number of hydrogen-bond acceptors (Lipinski definition) is 13. The molecule has 4 saturated heterocycles. The Labute approximate surface area is 328 Å². The first kappa shape index (κ1) is 39.7. The zero-order valence-corrected chi connectivity index (χ0v) is 31.3. The molecule has 0 amide bonds. The van der Waals surface area contributed by atoms with Crippen molar-refractivity contribution in [3.8, 4) is 22.5 Å². The van der Waals surface area contributed by atoms with E-state index in [1.807, 2.05) is 13.8 Å². The van der Waals surface area contributed by atoms with Gasteiger partial charge in [0.05, 0.1) is 35.8 Å². The molecule has 0 saturated carbocycles. The summed E-state index contributed by atoms with van der Waals surface area (Å²) in [6.07, 6.45) is -12.9. The number of alkyl halides is 6. The summed E-state index contributed by atoms with van der Waals surface area (Å²) in [6, 6.07) is 10.0. The lowest BCUT2D eigenvalue weighted by molar-refractivity contribution is -0.141. The number of aliphatic hydroxyl groups excluding tert-OH is 4. The number of benzene rings is 2. The highest BCUT2D eigenvalue weighted by Gasteiger charge is 2.39. The van der Waals surface area contributed by atoms with Gasteiger partial charge in [-0.1, -0.05) is 12.1 Å². The lowest BCUT2D eigenvalue weighted by Crippen LogP contribution is -2.46. The minimum atomic E-state index is -4.79. The molecule has 6 atom stereocenters. The second-order valence-corrected chi connectivity index (χ2v) is 15.4. The van der Waals surface area contributed by atoms with E-state index >= 15 is 0 Å². The van der Waals surface area contributed by atoms with Gasteiger partial charge in [-0.15, -0.1) is 0 Å². The Hall–Kier alpha value is -5.11. The van der Waals surface area contributed by atoms with Crippen LogP contribution in [0.15, 0.2) is 48.5 Å². The van der Waals surface area contributed by atoms with Crippen molar-refractivity contribution in [2.45, 2.75) is 75.5 Å². The molecule has 0 radical (unpaired) electrons. The molecule has 4 aliphatic heterocycles. The molecule has 19 heteroatoms. The van der Waals surface area contributed by atoms with Crippen LogP contribution in [0.2, 0.25) is 0 Å². The maximum absolute atomic E-state index is 14.8. The number of hydrogen-bond donors (Lipinski definition) is 4. The molecule has 4 aliphatic rings. The number of β-amino-alcohol motifs (C(OH)–C–C–N with tert-alkyl or cyclic N) is 4. The normalized spacial score (nSPS) is 25.0. The number of aromatic nitrogens is 4. The zero-order valence-electron chi connectivity index (χ0n) is 31.3. The molecule has 4 N–H and O–H groups in total. The minimum Gasteiger partial charge on any atom is -0.389 e. The number of ketones is 1. The molecule has 4 aromatic rings. The highest BCUT2D eigenvalue weighted by Crippen LogP contribution is 2.40. The summed E-state index contributed by atoms with van der Waals surface area (Å²) in [6.45, 7) is 4.14. The van der Waals surface area contributed by atoms with Crippen molar-refractivity contribution >= 4 is 29.1 Å². The fourth-order valence-corrected chi connectivity index (χ4v) is 7.71. The van der Waals surface area contributed by atoms with E-state index in [1.54, 1.807) is 9.80 Å². The van der Waals surface area contributed by atoms with E-state index < -0.39 is 53.9 Å². The molecule has 0 bridgehead atoms. The second kappa shape index (κ2) is 14.6. The summed E-state index contributed by atoms with van der Waals surface area (Å²) in [5.74, 6) is -0.832. The molecule has 13 nitrogen and oxygen atoms in total. The van der Waals surface area contributed by atoms with Gasteiger partial charge in [-0.2, -0.15) is 26.3 Å². The van der Waals surface area contributed by atoms with E-state index in [9.17, 15) is 51.6 Å². The first-order chi connectivity index (χ1) is 27.3. The predicted octanol–water partition coefficient (Wildman–Crippen LogP) is 4.15. The lowest BCUT2D eigenvalue weighted by atomic mass is 9.95. The third-order valence-electron chi connectivity index (χ3n) is 11.4. The zero-order chi connectivity index (χ0) is 41.4. The first-order valence-electron chi connectivity index (χ1n) is 18.9. The maximum Gasteiger partial charge on any atom is 0.433 e. The Kier molecular flexibility index (Phi) is 10.0. The summed E-state index contributed by atoms with van der Waals surface area (Å²) in [5, 5.41) is 42.0. The molecule has 4 fully saturated rings. The number of rotatable bonds is 8. The topological polar surface area (TPSA) is 163 Å². The van der Waals surface area contributed by atoms with Crippen molar-refractivity contribution < 1.29 is 51.6 Å². The fraction of sp³-hybridized carbons (Fsp3) is 0.462. The third-order valence-corrected chi connectivity index (χ3v) is 11.4. The van der Waals surface area contributed by atoms with Crippen LogP contribution in [0, 0.1) is 0 Å². The Bertz CT molecular complexity index is 2070. The average Bonchev–Trinajstić information content (AvgIpc) is 3.69. The van der Waals surface area contributed by atoms with Gasteiger partial charge in [0.25, 0.3) is 0 Å². The summed E-state index contributed by atoms with van der Waals surface area (Å²) in [7, 11) is 0. The molecular weight excluding hydrogens is 774 g/mol. The summed E-state index contributed by atoms with van der Waals surface area (Å²) >= 11 is 0. The Balaban J connectivity index is 1.24. The molecule has 0 spiro atoms. The highest BCUT2D eigenvalue weighted by atomic mass is 19.4. The SMILES string of the molecule is C[C@H]1CCN1c1nc(-c2ccc(C(=O)c3ccc(-c4cc(C(F)(F)F)nc(N5CC[C@@H]5C)n4)cc3N3C[C@@H](O)[C@@H](O)C3)c(N3C[C@@H](O)[C@@H](O)C3)c2)cc(C(F)(F)F)n1. The Morgan fingerprint density at radius 1 is 0.586 bits per heavy atom. The van der Waals surface area contributed by atoms with Crippen molar-refractivity contribution in [3.63, 3.8) is 0 Å². The number of halogens is 6. The molecule has 308 valence electrons. The van der Waals surface area contributed by atoms with Gasteiger partial charge in [-0.3, -0.25) is 4.79 Å². The van der Waals surface area contributed by atoms with E-state index in [0.717, 1.165) is 25.0 Å². The number of carbonyl (C=O) groups excluding carboxylic acids is 1. The quantitative estimate of drug-likeness (QED) is 0.149. The smallest absolute Gasteiger partial charge is 0.389 e. The van der Waals surface area contributed by atoms with Crippen LogP contribution in [0.5, 0.6) is 0 Å². The van der Waals surface area contributed by atoms with Gasteiger partial charge < -0.3 is 40.0 Å². The standard InChI is InChI=1S/C39H40F6N8O5/c1-19-7-9-52(19)36-46-25(13-33(48-36)38(40,41)42)21-3-5-23(27(11-21)50-15-29(54)30(55)16-50)35(58)24-6-4-22(12-28(24)51-17-31(56)32(57)18-51)26-14-34(39(43,44)45)49-37(47-26)53-10-8-20(53)2/h3-6,11-14,19-20,29-32,54-57H,7-10,15-18H2,1-2H3/t19-,20-,29-,30+,31-,32+/m0/s1. The van der Waals surface area contributed by atoms with Crippen molar-refractivity contribution in [2.75, 3.05) is 58.9 Å². The number of anilines is 4. The monoisotopic (exact) mass is 814 g/mol. The van der Waals surface area contributed by atoms with Crippen LogP contribution in [0.4, 0.5) is 49.6 Å². The van der Waals surface area contributed by atoms with Gasteiger partial charge in [0.2, 0.25) is 11.9 Å². The van der Waals surface area contributed by atoms with Gasteiger partial charge >= 0.3 is 12.4 Å². The van der Waals surface area contributed by atoms with Crippen LogP contribution >= 0.6 is 0 Å². The Morgan fingerprint density at radius 2 is 0.948 bits per heavy atom. The van der Waals surface area contributed by atoms with Crippen LogP contribution in [-0.2, 0) is 12.4 Å². The van der Waals surface area contributed by atoms with Gasteiger partial charge in [0.1, 0.15) is 0 Å². The molecule has 8 rings (SSSR count). The number of nitrogens with zero attached hydrogens (tertiary/aromatic N) is 8. The lowest BCUT2D eigenvalue weighted by Gasteiger charge is -2.39. The van der Waals surface area contributed by atoms with E-state index in [4.69, 9.17) is 0 Å². The summed E-state index contributed by atoms with van der Waals surface area (Å²) < 4.78 is 84.7. The van der Waals surface area contributed by atoms with Crippen molar-refractivity contribution in [1.29, 1.82) is 0 Å². The fourth-order valence-electron chi connectivity index (χ4n) is 7.71. The van der Waals surface area contributed by atoms with Gasteiger partial charge in [-0.05, 0) is 63.1 Å². The van der Waals surface area contributed by atoms with E-state index in [2.05, 4.69) is 19.9 Å². The number of carbonyl (C=O) groups is 1. The van der Waals surface area contributed by atoms with Gasteiger partial charge in [0.15, 0.2) is 17.2 Å². The highest BCUT2D eigenvalue weighted by molar-refractivity contribution is 6.16. The molecule has 2 aromatic heterocycles. The van der Waals surface area contributed by atoms with Crippen LogP contribution in [-0.4, -0.2) is 122 Å². The third kappa shape index (κ3) is 7.39. The van der Waals surface area contributed by atoms with Crippen LogP contribution in [0.1, 0.15) is 54.0 Å². The van der Waals surface area contributed by atoms with Crippen LogP contribution < -0.4 is 19.6 Å². The minimum absolute atomic E-state index is 0.0245. The molecular formula is C39H40F6N8O5. The van der Waals surface area contributed by atoms with Crippen LogP contribution in [0.3, 0.4) is 0 Å². The molecule has 58 heavy (non-hydrogen) atoms. The largest absolute Gasteiger partial charge is 0.433 e. The second-order valence-electron chi connectivity index (χ2n) is 15.4. The van der Waals surface area contributed by atoms with E-state index in [1.165, 1.54) is 46.2 Å². The van der Waals surface area contributed by atoms with Crippen molar-refractivity contribution in [1.82, 2.24) is 19.9 Å². The molecule has 0 unspecified atom stereocenters. The molecule has 0 aliphatic carbocycles. The van der Waals surface area contributed by atoms with E-state index in [-0.39, 0.29) is 95.2 Å². The van der Waals surface area contributed by atoms with E-state index in [0.29, 0.717) is 13.1 Å². The van der Waals surface area contributed by atoms with Crippen molar-refractivity contribution in [2.24, 2.45) is 0 Å². The van der Waals surface area contributed by atoms with Gasteiger partial charge in [-0.25, -0.2) is 19.9 Å². The first-order valence-corrected chi connectivity index (χ1v) is 18.9. The number of aliphatic hydroxyl groups is 4. The molecule has 2 aromatic carbocycles. The maximum atomic E-state index is 14.8. The van der Waals surface area contributed by atoms with Crippen molar-refractivity contribution in [3.05, 3.63) is 71.0 Å². The van der Waals surface area contributed by atoms with Gasteiger partial charge in [0, 0.05) is 85.0 Å². The Morgan fingerprint density at radius 3 is 1.24 bits per heavy atom. The average molecular weight is 815 g/mol. The predicted molar refractivity (Wildman–Crippen MR) is 200 cm³/mol. The summed E-state index contributed by atoms with van der Waals surface area (Å²) in [5.41, 5.74) is -1.68.